The summed E-state index contributed by atoms with van der Waals surface area (Å²) in [4.78, 5) is 16.1. The lowest BCUT2D eigenvalue weighted by Gasteiger charge is -2.35. The summed E-state index contributed by atoms with van der Waals surface area (Å²) >= 11 is 5.18. The van der Waals surface area contributed by atoms with E-state index < -0.39 is 0 Å². The van der Waals surface area contributed by atoms with E-state index in [2.05, 4.69) is 23.9 Å². The van der Waals surface area contributed by atoms with Gasteiger partial charge >= 0.3 is 0 Å². The molecule has 1 aliphatic heterocycles. The molecule has 1 N–H and O–H groups in total. The summed E-state index contributed by atoms with van der Waals surface area (Å²) in [5.74, 6) is 0. The first-order chi connectivity index (χ1) is 7.58. The quantitative estimate of drug-likeness (QED) is 0.756. The van der Waals surface area contributed by atoms with Gasteiger partial charge in [-0.15, -0.1) is 0 Å². The molecule has 5 heteroatoms. The van der Waals surface area contributed by atoms with Crippen molar-refractivity contribution in [2.75, 3.05) is 13.6 Å². The average Bonchev–Trinajstić information content (AvgIpc) is 2.22. The molecule has 4 nitrogen and oxygen atoms in total. The van der Waals surface area contributed by atoms with Crippen molar-refractivity contribution in [3.63, 3.8) is 0 Å². The predicted molar refractivity (Wildman–Crippen MR) is 66.2 cm³/mol. The van der Waals surface area contributed by atoms with Gasteiger partial charge in [0.1, 0.15) is 0 Å². The summed E-state index contributed by atoms with van der Waals surface area (Å²) in [6.07, 6.45) is 3.97. The summed E-state index contributed by atoms with van der Waals surface area (Å²) in [6, 6.07) is 2.52. The number of nitrogens with zero attached hydrogens (tertiary/aromatic N) is 2. The van der Waals surface area contributed by atoms with Crippen LogP contribution in [0.5, 0.6) is 0 Å². The molecule has 0 radical (unpaired) electrons. The highest BCUT2D eigenvalue weighted by Crippen LogP contribution is 2.25. The number of H-pyrrole nitrogens is 1. The first kappa shape index (κ1) is 11.5. The zero-order valence-electron chi connectivity index (χ0n) is 9.64. The van der Waals surface area contributed by atoms with Crippen LogP contribution in [0.25, 0.3) is 0 Å². The lowest BCUT2D eigenvalue weighted by Crippen LogP contribution is -2.38. The second-order valence-corrected chi connectivity index (χ2v) is 4.91. The Morgan fingerprint density at radius 3 is 2.94 bits per heavy atom. The zero-order valence-corrected chi connectivity index (χ0v) is 10.5. The molecule has 0 aliphatic carbocycles. The van der Waals surface area contributed by atoms with Gasteiger partial charge in [0.25, 0.3) is 5.56 Å². The molecule has 0 spiro atoms. The van der Waals surface area contributed by atoms with Gasteiger partial charge in [-0.2, -0.15) is 0 Å². The van der Waals surface area contributed by atoms with Crippen LogP contribution in [0.1, 0.15) is 25.8 Å². The normalized spacial score (nSPS) is 26.9. The van der Waals surface area contributed by atoms with Gasteiger partial charge in [-0.25, -0.2) is 0 Å². The molecule has 2 atom stereocenters. The Morgan fingerprint density at radius 2 is 2.31 bits per heavy atom. The van der Waals surface area contributed by atoms with Gasteiger partial charge in [-0.1, -0.05) is 0 Å². The molecule has 1 aromatic rings. The highest BCUT2D eigenvalue weighted by Gasteiger charge is 2.23. The van der Waals surface area contributed by atoms with Gasteiger partial charge in [0.05, 0.1) is 0 Å². The topological polar surface area (TPSA) is 41.0 Å². The van der Waals surface area contributed by atoms with Crippen molar-refractivity contribution in [1.29, 1.82) is 0 Å². The van der Waals surface area contributed by atoms with Crippen molar-refractivity contribution in [2.45, 2.75) is 31.8 Å². The third kappa shape index (κ3) is 2.25. The number of hydrogen-bond donors (Lipinski definition) is 1. The van der Waals surface area contributed by atoms with Gasteiger partial charge in [-0.05, 0) is 39.0 Å². The van der Waals surface area contributed by atoms with Crippen LogP contribution in [0, 0.1) is 4.77 Å². The summed E-state index contributed by atoms with van der Waals surface area (Å²) in [5, 5.41) is 0. The Balaban J connectivity index is 2.25. The molecule has 0 aromatic carbocycles. The maximum atomic E-state index is 11.1. The molecule has 2 unspecified atom stereocenters. The molecule has 1 aliphatic rings. The second-order valence-electron chi connectivity index (χ2n) is 4.53. The number of rotatable bonds is 1. The van der Waals surface area contributed by atoms with Crippen molar-refractivity contribution < 1.29 is 0 Å². The molecule has 1 aromatic heterocycles. The van der Waals surface area contributed by atoms with Crippen molar-refractivity contribution in [3.05, 3.63) is 27.4 Å². The lowest BCUT2D eigenvalue weighted by atomic mass is 9.99. The number of aromatic nitrogens is 2. The van der Waals surface area contributed by atoms with E-state index in [0.29, 0.717) is 16.9 Å². The van der Waals surface area contributed by atoms with Crippen LogP contribution in [-0.4, -0.2) is 34.1 Å². The zero-order chi connectivity index (χ0) is 11.7. The fraction of sp³-hybridized carbons (Fsp3) is 0.636. The van der Waals surface area contributed by atoms with E-state index in [-0.39, 0.29) is 5.56 Å². The Kier molecular flexibility index (Phi) is 3.25. The summed E-state index contributed by atoms with van der Waals surface area (Å²) in [5.41, 5.74) is -0.123. The minimum Gasteiger partial charge on any atom is -0.322 e. The molecular formula is C11H17N3OS. The first-order valence-electron chi connectivity index (χ1n) is 5.59. The van der Waals surface area contributed by atoms with E-state index >= 15 is 0 Å². The molecule has 0 amide bonds. The highest BCUT2D eigenvalue weighted by molar-refractivity contribution is 7.71. The van der Waals surface area contributed by atoms with Crippen LogP contribution in [0.15, 0.2) is 17.1 Å². The molecule has 0 saturated carbocycles. The molecule has 0 bridgehead atoms. The largest absolute Gasteiger partial charge is 0.322 e. The number of nitrogens with one attached hydrogen (secondary N) is 1. The van der Waals surface area contributed by atoms with Crippen molar-refractivity contribution in [2.24, 2.45) is 0 Å². The van der Waals surface area contributed by atoms with Gasteiger partial charge < -0.3 is 9.47 Å². The fourth-order valence-corrected chi connectivity index (χ4v) is 2.54. The summed E-state index contributed by atoms with van der Waals surface area (Å²) in [6.45, 7) is 3.30. The smallest absolute Gasteiger partial charge is 0.251 e. The monoisotopic (exact) mass is 239 g/mol. The van der Waals surface area contributed by atoms with Crippen molar-refractivity contribution in [3.8, 4) is 0 Å². The second kappa shape index (κ2) is 4.51. The first-order valence-corrected chi connectivity index (χ1v) is 6.00. The van der Waals surface area contributed by atoms with Crippen LogP contribution in [-0.2, 0) is 0 Å². The van der Waals surface area contributed by atoms with Crippen molar-refractivity contribution >= 4 is 12.2 Å². The lowest BCUT2D eigenvalue weighted by molar-refractivity contribution is 0.155. The van der Waals surface area contributed by atoms with Gasteiger partial charge in [-0.3, -0.25) is 9.78 Å². The average molecular weight is 239 g/mol. The SMILES string of the molecule is CC1CC(n2ccc(=O)[nH]c2=S)CCN1C. The Hall–Kier alpha value is -0.940. The van der Waals surface area contributed by atoms with Crippen LogP contribution in [0.3, 0.4) is 0 Å². The third-order valence-electron chi connectivity index (χ3n) is 3.43. The van der Waals surface area contributed by atoms with E-state index in [1.165, 1.54) is 0 Å². The standard InChI is InChI=1S/C11H17N3OS/c1-8-7-9(3-5-13(8)2)14-6-4-10(15)12-11(14)16/h4,6,8-9H,3,5,7H2,1-2H3,(H,12,15,16). The molecule has 16 heavy (non-hydrogen) atoms. The van der Waals surface area contributed by atoms with Crippen LogP contribution >= 0.6 is 12.2 Å². The number of piperidine rings is 1. The van der Waals surface area contributed by atoms with Gasteiger partial charge in [0, 0.05) is 30.9 Å². The Labute approximate surface area is 99.9 Å². The van der Waals surface area contributed by atoms with E-state index in [0.717, 1.165) is 19.4 Å². The summed E-state index contributed by atoms with van der Waals surface area (Å²) < 4.78 is 2.55. The molecule has 1 saturated heterocycles. The van der Waals surface area contributed by atoms with Crippen molar-refractivity contribution in [1.82, 2.24) is 14.5 Å². The maximum absolute atomic E-state index is 11.1. The van der Waals surface area contributed by atoms with E-state index in [1.54, 1.807) is 6.07 Å². The van der Waals surface area contributed by atoms with Gasteiger partial charge in [0.2, 0.25) is 0 Å². The van der Waals surface area contributed by atoms with Crippen LogP contribution in [0.2, 0.25) is 0 Å². The minimum atomic E-state index is -0.123. The number of aromatic amines is 1. The molecule has 2 rings (SSSR count). The Bertz CT molecular complexity index is 479. The molecule has 1 fully saturated rings. The van der Waals surface area contributed by atoms with E-state index in [4.69, 9.17) is 12.2 Å². The number of hydrogen-bond acceptors (Lipinski definition) is 3. The number of likely N-dealkylation sites (tertiary alicyclic amines) is 1. The minimum absolute atomic E-state index is 0.123. The molecule has 88 valence electrons. The van der Waals surface area contributed by atoms with Crippen LogP contribution in [0.4, 0.5) is 0 Å². The highest BCUT2D eigenvalue weighted by atomic mass is 32.1. The summed E-state index contributed by atoms with van der Waals surface area (Å²) in [7, 11) is 2.15. The van der Waals surface area contributed by atoms with Crippen LogP contribution < -0.4 is 5.56 Å². The Morgan fingerprint density at radius 1 is 1.56 bits per heavy atom. The predicted octanol–water partition coefficient (Wildman–Crippen LogP) is 1.56. The van der Waals surface area contributed by atoms with E-state index in [1.807, 2.05) is 10.8 Å². The maximum Gasteiger partial charge on any atom is 0.251 e. The molecule has 2 heterocycles. The van der Waals surface area contributed by atoms with E-state index in [9.17, 15) is 4.79 Å². The fourth-order valence-electron chi connectivity index (χ4n) is 2.23. The van der Waals surface area contributed by atoms with Gasteiger partial charge in [0.15, 0.2) is 4.77 Å². The third-order valence-corrected chi connectivity index (χ3v) is 3.74. The molecular weight excluding hydrogens is 222 g/mol.